The van der Waals surface area contributed by atoms with Gasteiger partial charge < -0.3 is 9.88 Å². The molecule has 0 atom stereocenters. The van der Waals surface area contributed by atoms with Crippen LogP contribution in [0.4, 0.5) is 11.4 Å². The van der Waals surface area contributed by atoms with E-state index >= 15 is 0 Å². The second-order valence-corrected chi connectivity index (χ2v) is 5.59. The Kier molecular flexibility index (Phi) is 5.58. The lowest BCUT2D eigenvalue weighted by molar-refractivity contribution is -0.384. The number of nitrogens with zero attached hydrogens (tertiary/aromatic N) is 3. The third-order valence-electron chi connectivity index (χ3n) is 3.73. The van der Waals surface area contributed by atoms with Crippen molar-refractivity contribution in [1.82, 2.24) is 9.99 Å². The van der Waals surface area contributed by atoms with Crippen molar-refractivity contribution >= 4 is 23.5 Å². The number of nitro groups is 1. The van der Waals surface area contributed by atoms with Gasteiger partial charge in [0.15, 0.2) is 0 Å². The Balaban J connectivity index is 1.59. The minimum atomic E-state index is -0.444. The predicted octanol–water partition coefficient (Wildman–Crippen LogP) is 2.95. The highest BCUT2D eigenvalue weighted by molar-refractivity contribution is 5.84. The lowest BCUT2D eigenvalue weighted by atomic mass is 10.3. The topological polar surface area (TPSA) is 102 Å². The van der Waals surface area contributed by atoms with E-state index < -0.39 is 4.92 Å². The van der Waals surface area contributed by atoms with E-state index in [1.54, 1.807) is 18.3 Å². The van der Waals surface area contributed by atoms with Crippen LogP contribution in [0.2, 0.25) is 0 Å². The fraction of sp³-hybridized carbons (Fsp3) is 0.0526. The van der Waals surface area contributed by atoms with Gasteiger partial charge in [-0.2, -0.15) is 5.10 Å². The number of nitro benzene ring substituents is 1. The number of nitrogens with one attached hydrogen (secondary N) is 2. The molecule has 0 unspecified atom stereocenters. The molecule has 1 aromatic heterocycles. The van der Waals surface area contributed by atoms with Crippen LogP contribution in [0.3, 0.4) is 0 Å². The number of benzene rings is 2. The number of hydrogen-bond acceptors (Lipinski definition) is 5. The van der Waals surface area contributed by atoms with E-state index in [9.17, 15) is 14.9 Å². The number of carbonyl (C=O) groups is 1. The van der Waals surface area contributed by atoms with Crippen LogP contribution in [0, 0.1) is 10.1 Å². The third-order valence-corrected chi connectivity index (χ3v) is 3.73. The highest BCUT2D eigenvalue weighted by Gasteiger charge is 2.06. The van der Waals surface area contributed by atoms with E-state index in [0.29, 0.717) is 0 Å². The van der Waals surface area contributed by atoms with Crippen LogP contribution >= 0.6 is 0 Å². The van der Waals surface area contributed by atoms with Crippen molar-refractivity contribution in [2.75, 3.05) is 11.9 Å². The lowest BCUT2D eigenvalue weighted by Crippen LogP contribution is -2.25. The van der Waals surface area contributed by atoms with E-state index in [1.165, 1.54) is 18.3 Å². The summed E-state index contributed by atoms with van der Waals surface area (Å²) in [6.07, 6.45) is 3.32. The van der Waals surface area contributed by atoms with Crippen LogP contribution in [0.1, 0.15) is 5.69 Å². The van der Waals surface area contributed by atoms with E-state index in [2.05, 4.69) is 15.8 Å². The summed E-state index contributed by atoms with van der Waals surface area (Å²) in [5.41, 5.74) is 4.81. The minimum Gasteiger partial charge on any atom is -0.376 e. The molecule has 2 aromatic carbocycles. The molecule has 3 rings (SSSR count). The molecule has 0 aliphatic rings. The monoisotopic (exact) mass is 363 g/mol. The summed E-state index contributed by atoms with van der Waals surface area (Å²) in [4.78, 5) is 22.1. The lowest BCUT2D eigenvalue weighted by Gasteiger charge is -2.06. The minimum absolute atomic E-state index is 0.0271. The molecular weight excluding hydrogens is 346 g/mol. The number of hydrazone groups is 1. The van der Waals surface area contributed by atoms with Gasteiger partial charge in [-0.25, -0.2) is 5.43 Å². The molecule has 0 bridgehead atoms. The standard InChI is InChI=1S/C19H17N5O3/c25-19(14-20-15-5-2-1-3-6-15)22-21-13-18-7-4-12-23(18)16-8-10-17(11-9-16)24(26)27/h1-13,20H,14H2,(H,22,25)/b21-13-. The zero-order valence-corrected chi connectivity index (χ0v) is 14.3. The van der Waals surface area contributed by atoms with Crippen molar-refractivity contribution in [3.63, 3.8) is 0 Å². The van der Waals surface area contributed by atoms with Gasteiger partial charge >= 0.3 is 0 Å². The van der Waals surface area contributed by atoms with Gasteiger partial charge in [0, 0.05) is 29.7 Å². The van der Waals surface area contributed by atoms with Gasteiger partial charge in [0.1, 0.15) is 0 Å². The fourth-order valence-corrected chi connectivity index (χ4v) is 2.42. The van der Waals surface area contributed by atoms with E-state index in [-0.39, 0.29) is 18.1 Å². The summed E-state index contributed by atoms with van der Waals surface area (Å²) < 4.78 is 1.81. The maximum absolute atomic E-state index is 11.8. The highest BCUT2D eigenvalue weighted by Crippen LogP contribution is 2.16. The Bertz CT molecular complexity index is 949. The number of anilines is 1. The van der Waals surface area contributed by atoms with Crippen molar-refractivity contribution in [2.45, 2.75) is 0 Å². The van der Waals surface area contributed by atoms with E-state index in [4.69, 9.17) is 0 Å². The normalized spacial score (nSPS) is 10.7. The maximum Gasteiger partial charge on any atom is 0.269 e. The molecule has 0 aliphatic carbocycles. The van der Waals surface area contributed by atoms with Crippen LogP contribution in [-0.2, 0) is 4.79 Å². The molecule has 8 nitrogen and oxygen atoms in total. The summed E-state index contributed by atoms with van der Waals surface area (Å²) in [5, 5.41) is 17.7. The van der Waals surface area contributed by atoms with Crippen molar-refractivity contribution in [1.29, 1.82) is 0 Å². The second-order valence-electron chi connectivity index (χ2n) is 5.59. The largest absolute Gasteiger partial charge is 0.376 e. The molecular formula is C19H17N5O3. The molecule has 0 aliphatic heterocycles. The van der Waals surface area contributed by atoms with Crippen molar-refractivity contribution in [3.05, 3.63) is 88.7 Å². The van der Waals surface area contributed by atoms with Gasteiger partial charge in [0.2, 0.25) is 0 Å². The number of rotatable bonds is 7. The quantitative estimate of drug-likeness (QED) is 0.383. The molecule has 27 heavy (non-hydrogen) atoms. The van der Waals surface area contributed by atoms with Gasteiger partial charge in [-0.1, -0.05) is 18.2 Å². The summed E-state index contributed by atoms with van der Waals surface area (Å²) in [5.74, 6) is -0.274. The van der Waals surface area contributed by atoms with Crippen LogP contribution in [0.5, 0.6) is 0 Å². The van der Waals surface area contributed by atoms with Gasteiger partial charge in [0.05, 0.1) is 23.4 Å². The SMILES string of the molecule is O=C(CNc1ccccc1)N/N=C\c1cccn1-c1ccc([N+](=O)[O-])cc1. The molecule has 1 heterocycles. The van der Waals surface area contributed by atoms with E-state index in [1.807, 2.05) is 47.0 Å². The third kappa shape index (κ3) is 4.79. The molecule has 0 saturated heterocycles. The smallest absolute Gasteiger partial charge is 0.269 e. The molecule has 1 amide bonds. The first-order valence-corrected chi connectivity index (χ1v) is 8.16. The molecule has 0 saturated carbocycles. The molecule has 2 N–H and O–H groups in total. The van der Waals surface area contributed by atoms with Gasteiger partial charge in [-0.15, -0.1) is 0 Å². The number of carbonyl (C=O) groups excluding carboxylic acids is 1. The van der Waals surface area contributed by atoms with Gasteiger partial charge in [-0.05, 0) is 36.4 Å². The van der Waals surface area contributed by atoms with Gasteiger partial charge in [0.25, 0.3) is 11.6 Å². The Morgan fingerprint density at radius 2 is 1.81 bits per heavy atom. The Labute approximate surface area is 155 Å². The number of amides is 1. The maximum atomic E-state index is 11.8. The number of aromatic nitrogens is 1. The Morgan fingerprint density at radius 1 is 1.07 bits per heavy atom. The average molecular weight is 363 g/mol. The molecule has 0 spiro atoms. The molecule has 8 heteroatoms. The molecule has 136 valence electrons. The second kappa shape index (κ2) is 8.43. The molecule has 3 aromatic rings. The number of para-hydroxylation sites is 1. The van der Waals surface area contributed by atoms with Crippen LogP contribution in [0.15, 0.2) is 78.0 Å². The van der Waals surface area contributed by atoms with Crippen LogP contribution < -0.4 is 10.7 Å². The van der Waals surface area contributed by atoms with Gasteiger partial charge in [-0.3, -0.25) is 14.9 Å². The summed E-state index contributed by atoms with van der Waals surface area (Å²) in [7, 11) is 0. The van der Waals surface area contributed by atoms with Crippen molar-refractivity contribution in [3.8, 4) is 5.69 Å². The first kappa shape index (κ1) is 17.9. The number of hydrogen-bond donors (Lipinski definition) is 2. The zero-order chi connectivity index (χ0) is 19.1. The highest BCUT2D eigenvalue weighted by atomic mass is 16.6. The summed E-state index contributed by atoms with van der Waals surface area (Å²) in [6.45, 7) is 0.102. The zero-order valence-electron chi connectivity index (χ0n) is 14.3. The molecule has 0 fully saturated rings. The Morgan fingerprint density at radius 3 is 2.52 bits per heavy atom. The average Bonchev–Trinajstić information content (AvgIpc) is 3.16. The van der Waals surface area contributed by atoms with E-state index in [0.717, 1.165) is 17.1 Å². The van der Waals surface area contributed by atoms with Crippen LogP contribution in [-0.4, -0.2) is 28.2 Å². The summed E-state index contributed by atoms with van der Waals surface area (Å²) >= 11 is 0. The van der Waals surface area contributed by atoms with Crippen molar-refractivity contribution in [2.24, 2.45) is 5.10 Å². The first-order chi connectivity index (χ1) is 13.1. The fourth-order valence-electron chi connectivity index (χ4n) is 2.42. The van der Waals surface area contributed by atoms with Crippen LogP contribution in [0.25, 0.3) is 5.69 Å². The predicted molar refractivity (Wildman–Crippen MR) is 103 cm³/mol. The Hall–Kier alpha value is -3.94. The van der Waals surface area contributed by atoms with Crippen molar-refractivity contribution < 1.29 is 9.72 Å². The first-order valence-electron chi connectivity index (χ1n) is 8.16. The number of non-ortho nitro benzene ring substituents is 1. The summed E-state index contributed by atoms with van der Waals surface area (Å²) in [6, 6.07) is 19.2. The molecule has 0 radical (unpaired) electrons.